The van der Waals surface area contributed by atoms with E-state index in [-0.39, 0.29) is 11.9 Å². The molecule has 0 N–H and O–H groups in total. The number of aryl methyl sites for hydroxylation is 2. The molecule has 6 heteroatoms. The molecule has 0 radical (unpaired) electrons. The number of ether oxygens (including phenoxy) is 1. The first-order valence-electron chi connectivity index (χ1n) is 13.1. The van der Waals surface area contributed by atoms with Crippen molar-refractivity contribution in [1.82, 2.24) is 14.8 Å². The molecular formula is C31H36N4O2. The standard InChI is InChI=1S/C31H36N4O2/c1-23-9-14-28(24(2)19-23)29-20-30(26-10-12-27(37-3)13-11-26)35(32-29)31(36)22-34-17-15-33(16-18-34)21-25-7-5-4-6-8-25/h4-14,19,30H,15-18,20-22H2,1-3H3/t30-/m0/s1. The highest BCUT2D eigenvalue weighted by Crippen LogP contribution is 2.34. The Labute approximate surface area is 220 Å². The Balaban J connectivity index is 1.29. The van der Waals surface area contributed by atoms with Crippen LogP contribution < -0.4 is 4.74 Å². The maximum absolute atomic E-state index is 13.6. The summed E-state index contributed by atoms with van der Waals surface area (Å²) < 4.78 is 5.35. The van der Waals surface area contributed by atoms with E-state index in [0.717, 1.165) is 55.3 Å². The molecule has 2 aliphatic heterocycles. The third-order valence-electron chi connectivity index (χ3n) is 7.43. The monoisotopic (exact) mass is 496 g/mol. The molecule has 192 valence electrons. The van der Waals surface area contributed by atoms with E-state index in [0.29, 0.717) is 13.0 Å². The number of carbonyl (C=O) groups is 1. The summed E-state index contributed by atoms with van der Waals surface area (Å²) in [7, 11) is 1.67. The highest BCUT2D eigenvalue weighted by molar-refractivity contribution is 6.04. The molecule has 2 aliphatic rings. The summed E-state index contributed by atoms with van der Waals surface area (Å²) >= 11 is 0. The minimum atomic E-state index is -0.117. The lowest BCUT2D eigenvalue weighted by Crippen LogP contribution is -2.49. The number of methoxy groups -OCH3 is 1. The molecule has 2 heterocycles. The molecular weight excluding hydrogens is 460 g/mol. The molecule has 0 aliphatic carbocycles. The Hall–Kier alpha value is -3.48. The van der Waals surface area contributed by atoms with Gasteiger partial charge in [-0.1, -0.05) is 66.2 Å². The number of hydrogen-bond donors (Lipinski definition) is 0. The summed E-state index contributed by atoms with van der Waals surface area (Å²) in [4.78, 5) is 18.4. The highest BCUT2D eigenvalue weighted by atomic mass is 16.5. The third-order valence-corrected chi connectivity index (χ3v) is 7.43. The van der Waals surface area contributed by atoms with E-state index < -0.39 is 0 Å². The van der Waals surface area contributed by atoms with E-state index >= 15 is 0 Å². The van der Waals surface area contributed by atoms with Crippen LogP contribution in [-0.4, -0.2) is 66.3 Å². The first-order chi connectivity index (χ1) is 18.0. The van der Waals surface area contributed by atoms with Gasteiger partial charge in [-0.2, -0.15) is 5.10 Å². The quantitative estimate of drug-likeness (QED) is 0.471. The lowest BCUT2D eigenvalue weighted by atomic mass is 9.95. The maximum atomic E-state index is 13.6. The van der Waals surface area contributed by atoms with Gasteiger partial charge in [0.15, 0.2) is 0 Å². The minimum Gasteiger partial charge on any atom is -0.497 e. The minimum absolute atomic E-state index is 0.0529. The van der Waals surface area contributed by atoms with Gasteiger partial charge < -0.3 is 4.74 Å². The van der Waals surface area contributed by atoms with Crippen molar-refractivity contribution in [2.24, 2.45) is 5.10 Å². The predicted octanol–water partition coefficient (Wildman–Crippen LogP) is 4.81. The lowest BCUT2D eigenvalue weighted by molar-refractivity contribution is -0.134. The van der Waals surface area contributed by atoms with E-state index in [4.69, 9.17) is 9.84 Å². The first kappa shape index (κ1) is 25.2. The van der Waals surface area contributed by atoms with Crippen LogP contribution in [0.15, 0.2) is 77.9 Å². The number of amides is 1. The van der Waals surface area contributed by atoms with Crippen LogP contribution in [0, 0.1) is 13.8 Å². The predicted molar refractivity (Wildman–Crippen MR) is 148 cm³/mol. The highest BCUT2D eigenvalue weighted by Gasteiger charge is 2.34. The number of hydrogen-bond acceptors (Lipinski definition) is 5. The van der Waals surface area contributed by atoms with Crippen molar-refractivity contribution in [3.63, 3.8) is 0 Å². The van der Waals surface area contributed by atoms with Crippen LogP contribution in [0.4, 0.5) is 0 Å². The molecule has 0 bridgehead atoms. The van der Waals surface area contributed by atoms with Crippen molar-refractivity contribution < 1.29 is 9.53 Å². The fourth-order valence-corrected chi connectivity index (χ4v) is 5.34. The molecule has 1 atom stereocenters. The van der Waals surface area contributed by atoms with Crippen molar-refractivity contribution in [2.45, 2.75) is 32.9 Å². The molecule has 0 spiro atoms. The van der Waals surface area contributed by atoms with Gasteiger partial charge in [0.05, 0.1) is 25.4 Å². The Morgan fingerprint density at radius 3 is 2.30 bits per heavy atom. The van der Waals surface area contributed by atoms with E-state index in [1.807, 2.05) is 24.3 Å². The second-order valence-electron chi connectivity index (χ2n) is 10.1. The van der Waals surface area contributed by atoms with Crippen LogP contribution in [0.5, 0.6) is 5.75 Å². The summed E-state index contributed by atoms with van der Waals surface area (Å²) in [5.74, 6) is 0.862. The van der Waals surface area contributed by atoms with E-state index in [2.05, 4.69) is 72.2 Å². The Morgan fingerprint density at radius 1 is 0.919 bits per heavy atom. The van der Waals surface area contributed by atoms with Crippen LogP contribution in [0.1, 0.15) is 40.3 Å². The second-order valence-corrected chi connectivity index (χ2v) is 10.1. The molecule has 3 aromatic rings. The molecule has 0 unspecified atom stereocenters. The van der Waals surface area contributed by atoms with E-state index in [1.54, 1.807) is 12.1 Å². The topological polar surface area (TPSA) is 48.4 Å². The van der Waals surface area contributed by atoms with Crippen molar-refractivity contribution >= 4 is 11.6 Å². The average Bonchev–Trinajstić information content (AvgIpc) is 3.36. The zero-order chi connectivity index (χ0) is 25.8. The normalized spacial score (nSPS) is 18.6. The summed E-state index contributed by atoms with van der Waals surface area (Å²) in [6.07, 6.45) is 0.701. The molecule has 5 rings (SSSR count). The summed E-state index contributed by atoms with van der Waals surface area (Å²) in [6, 6.07) is 24.9. The van der Waals surface area contributed by atoms with Crippen LogP contribution in [0.2, 0.25) is 0 Å². The molecule has 1 fully saturated rings. The fraction of sp³-hybridized carbons (Fsp3) is 0.355. The van der Waals surface area contributed by atoms with Gasteiger partial charge in [-0.3, -0.25) is 14.6 Å². The van der Waals surface area contributed by atoms with Crippen molar-refractivity contribution in [1.29, 1.82) is 0 Å². The first-order valence-corrected chi connectivity index (χ1v) is 13.1. The van der Waals surface area contributed by atoms with E-state index in [1.165, 1.54) is 16.7 Å². The molecule has 0 aromatic heterocycles. The lowest BCUT2D eigenvalue weighted by Gasteiger charge is -2.35. The molecule has 3 aromatic carbocycles. The van der Waals surface area contributed by atoms with Gasteiger partial charge in [0, 0.05) is 44.7 Å². The van der Waals surface area contributed by atoms with Gasteiger partial charge >= 0.3 is 0 Å². The van der Waals surface area contributed by atoms with Gasteiger partial charge in [-0.15, -0.1) is 0 Å². The van der Waals surface area contributed by atoms with Crippen molar-refractivity contribution in [2.75, 3.05) is 39.8 Å². The molecule has 1 amide bonds. The number of nitrogens with zero attached hydrogens (tertiary/aromatic N) is 4. The van der Waals surface area contributed by atoms with Gasteiger partial charge in [0.25, 0.3) is 5.91 Å². The largest absolute Gasteiger partial charge is 0.497 e. The molecule has 0 saturated carbocycles. The van der Waals surface area contributed by atoms with Crippen LogP contribution in [0.3, 0.4) is 0 Å². The smallest absolute Gasteiger partial charge is 0.257 e. The SMILES string of the molecule is COc1ccc([C@@H]2CC(c3ccc(C)cc3C)=NN2C(=O)CN2CCN(Cc3ccccc3)CC2)cc1. The van der Waals surface area contributed by atoms with Crippen LogP contribution in [0.25, 0.3) is 0 Å². The number of piperazine rings is 1. The summed E-state index contributed by atoms with van der Waals surface area (Å²) in [5, 5.41) is 6.65. The van der Waals surface area contributed by atoms with Crippen molar-refractivity contribution in [3.8, 4) is 5.75 Å². The average molecular weight is 497 g/mol. The second kappa shape index (κ2) is 11.3. The van der Waals surface area contributed by atoms with Crippen molar-refractivity contribution in [3.05, 3.63) is 101 Å². The molecule has 37 heavy (non-hydrogen) atoms. The van der Waals surface area contributed by atoms with Gasteiger partial charge in [-0.05, 0) is 42.7 Å². The number of hydrazone groups is 1. The van der Waals surface area contributed by atoms with E-state index in [9.17, 15) is 4.79 Å². The Kier molecular flexibility index (Phi) is 7.68. The van der Waals surface area contributed by atoms with Gasteiger partial charge in [0.1, 0.15) is 5.75 Å². The zero-order valence-electron chi connectivity index (χ0n) is 22.1. The van der Waals surface area contributed by atoms with Gasteiger partial charge in [0.2, 0.25) is 0 Å². The Morgan fingerprint density at radius 2 is 1.62 bits per heavy atom. The Bertz CT molecular complexity index is 1250. The third kappa shape index (κ3) is 5.92. The zero-order valence-corrected chi connectivity index (χ0v) is 22.1. The van der Waals surface area contributed by atoms with Gasteiger partial charge in [-0.25, -0.2) is 5.01 Å². The van der Waals surface area contributed by atoms with Crippen LogP contribution in [-0.2, 0) is 11.3 Å². The molecule has 6 nitrogen and oxygen atoms in total. The summed E-state index contributed by atoms with van der Waals surface area (Å²) in [6.45, 7) is 9.24. The number of benzene rings is 3. The maximum Gasteiger partial charge on any atom is 0.257 e. The number of rotatable bonds is 7. The number of carbonyl (C=O) groups excluding carboxylic acids is 1. The molecule has 1 saturated heterocycles. The summed E-state index contributed by atoms with van der Waals surface area (Å²) in [5.41, 5.74) is 6.92. The fourth-order valence-electron chi connectivity index (χ4n) is 5.34. The van der Waals surface area contributed by atoms with Crippen LogP contribution >= 0.6 is 0 Å².